The van der Waals surface area contributed by atoms with E-state index < -0.39 is 0 Å². The number of hydrogen-bond acceptors (Lipinski definition) is 4. The van der Waals surface area contributed by atoms with Crippen molar-refractivity contribution in [3.8, 4) is 5.19 Å². The summed E-state index contributed by atoms with van der Waals surface area (Å²) in [4.78, 5) is 4.03. The number of ether oxygens (including phenoxy) is 1. The van der Waals surface area contributed by atoms with Gasteiger partial charge in [-0.3, -0.25) is 0 Å². The van der Waals surface area contributed by atoms with Crippen molar-refractivity contribution < 1.29 is 4.74 Å². The molecular formula is C9H13ClN2OS. The van der Waals surface area contributed by atoms with E-state index in [9.17, 15) is 0 Å². The molecule has 1 unspecified atom stereocenters. The van der Waals surface area contributed by atoms with Crippen LogP contribution in [0.4, 0.5) is 0 Å². The fraction of sp³-hybridized carbons (Fsp3) is 0.667. The van der Waals surface area contributed by atoms with E-state index in [-0.39, 0.29) is 0 Å². The van der Waals surface area contributed by atoms with Crippen LogP contribution in [0, 0.1) is 0 Å². The van der Waals surface area contributed by atoms with Crippen molar-refractivity contribution in [3.63, 3.8) is 0 Å². The average Bonchev–Trinajstić information content (AvgIpc) is 2.63. The zero-order valence-corrected chi connectivity index (χ0v) is 9.40. The number of thiazole rings is 1. The van der Waals surface area contributed by atoms with Gasteiger partial charge in [0.05, 0.1) is 0 Å². The summed E-state index contributed by atoms with van der Waals surface area (Å²) in [5.41, 5.74) is 0. The highest BCUT2D eigenvalue weighted by molar-refractivity contribution is 7.11. The first-order chi connectivity index (χ1) is 6.84. The molecule has 1 aromatic rings. The van der Waals surface area contributed by atoms with Gasteiger partial charge in [0.15, 0.2) is 0 Å². The van der Waals surface area contributed by atoms with Gasteiger partial charge in [0.25, 0.3) is 5.19 Å². The van der Waals surface area contributed by atoms with Gasteiger partial charge >= 0.3 is 0 Å². The molecule has 0 radical (unpaired) electrons. The highest BCUT2D eigenvalue weighted by atomic mass is 35.5. The predicted molar refractivity (Wildman–Crippen MR) is 58.3 cm³/mol. The van der Waals surface area contributed by atoms with Crippen LogP contribution in [0.15, 0.2) is 5.38 Å². The Hall–Kier alpha value is -0.320. The lowest BCUT2D eigenvalue weighted by Gasteiger charge is -2.22. The van der Waals surface area contributed by atoms with E-state index in [1.54, 1.807) is 5.38 Å². The van der Waals surface area contributed by atoms with Gasteiger partial charge in [-0.2, -0.15) is 4.98 Å². The van der Waals surface area contributed by atoms with E-state index >= 15 is 0 Å². The molecule has 2 rings (SSSR count). The summed E-state index contributed by atoms with van der Waals surface area (Å²) in [6.45, 7) is 1.80. The first-order valence-electron chi connectivity index (χ1n) is 4.82. The van der Waals surface area contributed by atoms with E-state index in [4.69, 9.17) is 16.3 Å². The summed E-state index contributed by atoms with van der Waals surface area (Å²) >= 11 is 7.13. The summed E-state index contributed by atoms with van der Waals surface area (Å²) in [5, 5.41) is 6.38. The molecule has 0 saturated carbocycles. The molecule has 1 N–H and O–H groups in total. The van der Waals surface area contributed by atoms with Crippen molar-refractivity contribution in [2.45, 2.75) is 25.3 Å². The van der Waals surface area contributed by atoms with Crippen molar-refractivity contribution in [1.82, 2.24) is 10.3 Å². The van der Waals surface area contributed by atoms with Crippen LogP contribution in [0.5, 0.6) is 5.19 Å². The summed E-state index contributed by atoms with van der Waals surface area (Å²) in [7, 11) is 0. The highest BCUT2D eigenvalue weighted by Crippen LogP contribution is 2.21. The topological polar surface area (TPSA) is 34.1 Å². The van der Waals surface area contributed by atoms with E-state index in [0.717, 1.165) is 6.54 Å². The average molecular weight is 233 g/mol. The Bertz CT molecular complexity index is 286. The third kappa shape index (κ3) is 2.83. The van der Waals surface area contributed by atoms with Crippen LogP contribution in [-0.2, 0) is 0 Å². The minimum atomic E-state index is 0.478. The molecule has 1 fully saturated rings. The van der Waals surface area contributed by atoms with Crippen LogP contribution >= 0.6 is 22.9 Å². The summed E-state index contributed by atoms with van der Waals surface area (Å²) in [6.07, 6.45) is 3.76. The van der Waals surface area contributed by atoms with Crippen molar-refractivity contribution in [2.24, 2.45) is 0 Å². The maximum absolute atomic E-state index is 5.69. The molecule has 1 saturated heterocycles. The Morgan fingerprint density at radius 2 is 2.57 bits per heavy atom. The second-order valence-corrected chi connectivity index (χ2v) is 4.60. The van der Waals surface area contributed by atoms with Crippen molar-refractivity contribution in [2.75, 3.05) is 13.2 Å². The maximum Gasteiger partial charge on any atom is 0.274 e. The smallest absolute Gasteiger partial charge is 0.274 e. The molecule has 1 aliphatic rings. The lowest BCUT2D eigenvalue weighted by molar-refractivity contribution is 0.238. The van der Waals surface area contributed by atoms with Gasteiger partial charge in [-0.25, -0.2) is 0 Å². The van der Waals surface area contributed by atoms with Crippen LogP contribution < -0.4 is 10.1 Å². The number of hydrogen-bond donors (Lipinski definition) is 1. The molecule has 1 atom stereocenters. The fourth-order valence-corrected chi connectivity index (χ4v) is 2.34. The molecule has 3 nitrogen and oxygen atoms in total. The van der Waals surface area contributed by atoms with E-state index in [0.29, 0.717) is 23.0 Å². The third-order valence-corrected chi connectivity index (χ3v) is 3.35. The standard InChI is InChI=1S/C9H13ClN2OS/c10-8-6-14-9(12-8)13-5-7-3-1-2-4-11-7/h6-7,11H,1-5H2. The SMILES string of the molecule is Clc1csc(OCC2CCCCN2)n1. The van der Waals surface area contributed by atoms with Gasteiger partial charge in [0.2, 0.25) is 0 Å². The Labute approximate surface area is 92.4 Å². The minimum Gasteiger partial charge on any atom is -0.468 e. The molecule has 0 spiro atoms. The van der Waals surface area contributed by atoms with Crippen LogP contribution in [0.2, 0.25) is 5.15 Å². The molecule has 2 heterocycles. The van der Waals surface area contributed by atoms with Crippen molar-refractivity contribution in [3.05, 3.63) is 10.5 Å². The summed E-state index contributed by atoms with van der Waals surface area (Å²) in [6, 6.07) is 0.478. The molecule has 1 aliphatic heterocycles. The first kappa shape index (κ1) is 10.2. The number of piperidine rings is 1. The normalized spacial score (nSPS) is 22.2. The molecule has 5 heteroatoms. The molecule has 0 aromatic carbocycles. The number of nitrogens with zero attached hydrogens (tertiary/aromatic N) is 1. The maximum atomic E-state index is 5.69. The van der Waals surface area contributed by atoms with E-state index in [1.165, 1.54) is 30.6 Å². The highest BCUT2D eigenvalue weighted by Gasteiger charge is 2.13. The van der Waals surface area contributed by atoms with Crippen LogP contribution in [0.3, 0.4) is 0 Å². The number of halogens is 1. The van der Waals surface area contributed by atoms with E-state index in [1.807, 2.05) is 0 Å². The zero-order chi connectivity index (χ0) is 9.80. The van der Waals surface area contributed by atoms with Crippen molar-refractivity contribution >= 4 is 22.9 Å². The number of aromatic nitrogens is 1. The van der Waals surface area contributed by atoms with Gasteiger partial charge in [0.1, 0.15) is 11.8 Å². The zero-order valence-electron chi connectivity index (χ0n) is 7.83. The first-order valence-corrected chi connectivity index (χ1v) is 6.07. The molecular weight excluding hydrogens is 220 g/mol. The Morgan fingerprint density at radius 1 is 1.64 bits per heavy atom. The predicted octanol–water partition coefficient (Wildman–Crippen LogP) is 2.32. The number of nitrogens with one attached hydrogen (secondary N) is 1. The van der Waals surface area contributed by atoms with Crippen molar-refractivity contribution in [1.29, 1.82) is 0 Å². The fourth-order valence-electron chi connectivity index (χ4n) is 1.54. The second kappa shape index (κ2) is 4.96. The minimum absolute atomic E-state index is 0.478. The molecule has 78 valence electrons. The Morgan fingerprint density at radius 3 is 3.21 bits per heavy atom. The number of rotatable bonds is 3. The van der Waals surface area contributed by atoms with Gasteiger partial charge in [-0.05, 0) is 19.4 Å². The van der Waals surface area contributed by atoms with Gasteiger partial charge in [-0.15, -0.1) is 0 Å². The molecule has 14 heavy (non-hydrogen) atoms. The van der Waals surface area contributed by atoms with E-state index in [2.05, 4.69) is 10.3 Å². The molecule has 1 aromatic heterocycles. The van der Waals surface area contributed by atoms with Crippen LogP contribution in [-0.4, -0.2) is 24.2 Å². The summed E-state index contributed by atoms with van der Waals surface area (Å²) < 4.78 is 5.53. The summed E-state index contributed by atoms with van der Waals surface area (Å²) in [5.74, 6) is 0. The Balaban J connectivity index is 1.76. The molecule has 0 aliphatic carbocycles. The molecule has 0 amide bonds. The lowest BCUT2D eigenvalue weighted by Crippen LogP contribution is -2.38. The molecule has 0 bridgehead atoms. The quantitative estimate of drug-likeness (QED) is 0.869. The Kier molecular flexibility index (Phi) is 3.61. The van der Waals surface area contributed by atoms with Crippen LogP contribution in [0.25, 0.3) is 0 Å². The van der Waals surface area contributed by atoms with Gasteiger partial charge in [0, 0.05) is 11.4 Å². The van der Waals surface area contributed by atoms with Gasteiger partial charge < -0.3 is 10.1 Å². The largest absolute Gasteiger partial charge is 0.468 e. The monoisotopic (exact) mass is 232 g/mol. The van der Waals surface area contributed by atoms with Gasteiger partial charge in [-0.1, -0.05) is 29.4 Å². The lowest BCUT2D eigenvalue weighted by atomic mass is 10.1. The third-order valence-electron chi connectivity index (χ3n) is 2.28. The van der Waals surface area contributed by atoms with Crippen LogP contribution in [0.1, 0.15) is 19.3 Å². The second-order valence-electron chi connectivity index (χ2n) is 3.39.